The number of hydrogen-bond acceptors (Lipinski definition) is 8. The third-order valence-electron chi connectivity index (χ3n) is 13.0. The molecule has 1 spiro atoms. The fourth-order valence-electron chi connectivity index (χ4n) is 10.1. The van der Waals surface area contributed by atoms with E-state index in [1.165, 1.54) is 6.07 Å². The van der Waals surface area contributed by atoms with Gasteiger partial charge in [-0.05, 0) is 76.8 Å². The first kappa shape index (κ1) is 36.9. The lowest BCUT2D eigenvalue weighted by atomic mass is 9.89. The molecule has 6 heterocycles. The van der Waals surface area contributed by atoms with Crippen molar-refractivity contribution in [1.29, 1.82) is 0 Å². The molecule has 5 atom stereocenters. The average Bonchev–Trinajstić information content (AvgIpc) is 3.35. The van der Waals surface area contributed by atoms with Gasteiger partial charge in [0.15, 0.2) is 5.82 Å². The summed E-state index contributed by atoms with van der Waals surface area (Å²) in [6.07, 6.45) is 8.23. The lowest BCUT2D eigenvalue weighted by Gasteiger charge is -2.48. The number of rotatable bonds is 5. The monoisotopic (exact) mass is 770 g/mol. The zero-order chi connectivity index (χ0) is 39.5. The molecule has 9 nitrogen and oxygen atoms in total. The molecule has 1 amide bonds. The predicted octanol–water partition coefficient (Wildman–Crippen LogP) is 8.14. The number of anilines is 1. The van der Waals surface area contributed by atoms with E-state index in [9.17, 15) is 13.6 Å². The fraction of sp³-hybridized carbons (Fsp3) is 0.535. The van der Waals surface area contributed by atoms with Crippen LogP contribution in [0.5, 0.6) is 6.01 Å². The summed E-state index contributed by atoms with van der Waals surface area (Å²) in [5.41, 5.74) is -1.46. The molecule has 0 unspecified atom stereocenters. The van der Waals surface area contributed by atoms with E-state index < -0.39 is 40.2 Å². The molecule has 9 rings (SSSR count). The summed E-state index contributed by atoms with van der Waals surface area (Å²) in [7, 11) is 0. The van der Waals surface area contributed by atoms with E-state index in [0.717, 1.165) is 6.42 Å². The molecule has 0 bridgehead atoms. The number of carbonyl (C=O) groups is 1. The van der Waals surface area contributed by atoms with Crippen LogP contribution in [-0.4, -0.2) is 92.8 Å². The first-order valence-electron chi connectivity index (χ1n) is 19.7. The van der Waals surface area contributed by atoms with Crippen LogP contribution in [0.15, 0.2) is 30.3 Å². The normalized spacial score (nSPS) is 28.0. The number of halogens is 4. The number of ether oxygens (including phenoxy) is 2. The van der Waals surface area contributed by atoms with Crippen LogP contribution in [0.25, 0.3) is 32.9 Å². The van der Waals surface area contributed by atoms with Gasteiger partial charge in [0.2, 0.25) is 0 Å². The second kappa shape index (κ2) is 12.7. The largest absolute Gasteiger partial charge is 0.461 e. The number of alkyl halides is 2. The van der Waals surface area contributed by atoms with Gasteiger partial charge < -0.3 is 19.3 Å². The van der Waals surface area contributed by atoms with Gasteiger partial charge in [0.05, 0.1) is 39.7 Å². The number of fused-ring (bicyclic) bond motifs is 4. The second-order valence-corrected chi connectivity index (χ2v) is 17.7. The lowest BCUT2D eigenvalue weighted by Crippen LogP contribution is -2.62. The molecule has 0 N–H and O–H groups in total. The number of hydrogen-bond donors (Lipinski definition) is 0. The summed E-state index contributed by atoms with van der Waals surface area (Å²) in [6, 6.07) is 7.56. The number of nitrogens with zero attached hydrogens (tertiary/aromatic N) is 6. The van der Waals surface area contributed by atoms with Gasteiger partial charge in [-0.15, -0.1) is 6.42 Å². The summed E-state index contributed by atoms with van der Waals surface area (Å²) in [5, 5.41) is 1.44. The lowest BCUT2D eigenvalue weighted by molar-refractivity contribution is 0.00795. The quantitative estimate of drug-likeness (QED) is 0.149. The zero-order valence-electron chi connectivity index (χ0n) is 32.4. The van der Waals surface area contributed by atoms with E-state index in [0.29, 0.717) is 85.1 Å². The molecule has 1 aliphatic carbocycles. The molecule has 5 aliphatic rings. The number of benzene rings is 2. The van der Waals surface area contributed by atoms with Crippen LogP contribution < -0.4 is 9.64 Å². The minimum atomic E-state index is -2.69. The molecule has 0 radical (unpaired) electrons. The minimum Gasteiger partial charge on any atom is -0.461 e. The van der Waals surface area contributed by atoms with Crippen molar-refractivity contribution < 1.29 is 31.8 Å². The number of piperazine rings is 1. The molecule has 56 heavy (non-hydrogen) atoms. The SMILES string of the molecule is C#Cc1c(F)ccc2cccc(-c3nc4c5c(nc(OC[C@@]67CCCN6C[C@@]6(CC6(F)F)C7)nc5c3F)N3C[C@@H](CC)N(C(=O)OC(C)(C)C)C[C@@H]3[C@@H](C)C4)c12. The standard InChI is InChI=1S/C43H46F4N6O3/c1-7-26-18-53-31(19-52(26)39(54)56-40(4,5)6)24(3)17-30-33-36(34(45)35(48-30)28-12-9-11-25-13-14-29(44)27(8-2)32(25)28)49-38(50-37(33)53)55-23-42-15-10-16-51(42)22-41(20-42)21-43(41,46)47/h2,9,11-14,24,26,31H,7,10,15-23H2,1,3-6H3/t24-,26+,31+,41-,42-/m0/s1. The van der Waals surface area contributed by atoms with Gasteiger partial charge in [-0.2, -0.15) is 9.97 Å². The zero-order valence-corrected chi connectivity index (χ0v) is 32.4. The van der Waals surface area contributed by atoms with Crippen LogP contribution in [0.3, 0.4) is 0 Å². The Morgan fingerprint density at radius 1 is 1.07 bits per heavy atom. The van der Waals surface area contributed by atoms with Crippen molar-refractivity contribution in [2.75, 3.05) is 37.7 Å². The summed E-state index contributed by atoms with van der Waals surface area (Å²) in [5.74, 6) is -1.23. The first-order valence-corrected chi connectivity index (χ1v) is 19.7. The van der Waals surface area contributed by atoms with E-state index >= 15 is 8.78 Å². The second-order valence-electron chi connectivity index (χ2n) is 17.7. The van der Waals surface area contributed by atoms with Gasteiger partial charge in [0.1, 0.15) is 35.1 Å². The predicted molar refractivity (Wildman–Crippen MR) is 205 cm³/mol. The molecule has 4 aromatic rings. The van der Waals surface area contributed by atoms with Crippen molar-refractivity contribution in [3.05, 3.63) is 53.2 Å². The van der Waals surface area contributed by atoms with Gasteiger partial charge in [0.25, 0.3) is 5.92 Å². The maximum atomic E-state index is 17.5. The molecule has 3 saturated heterocycles. The minimum absolute atomic E-state index is 0.00599. The Morgan fingerprint density at radius 3 is 2.57 bits per heavy atom. The smallest absolute Gasteiger partial charge is 0.410 e. The maximum Gasteiger partial charge on any atom is 0.410 e. The Bertz CT molecular complexity index is 2340. The molecule has 294 valence electrons. The fourth-order valence-corrected chi connectivity index (χ4v) is 10.1. The highest BCUT2D eigenvalue weighted by molar-refractivity contribution is 6.03. The molecular weight excluding hydrogens is 725 g/mol. The summed E-state index contributed by atoms with van der Waals surface area (Å²) in [6.45, 7) is 11.5. The van der Waals surface area contributed by atoms with Crippen molar-refractivity contribution in [2.24, 2.45) is 11.3 Å². The number of pyridine rings is 1. The Morgan fingerprint density at radius 2 is 1.86 bits per heavy atom. The summed E-state index contributed by atoms with van der Waals surface area (Å²) >= 11 is 0. The highest BCUT2D eigenvalue weighted by Gasteiger charge is 2.77. The average molecular weight is 771 g/mol. The first-order chi connectivity index (χ1) is 26.6. The van der Waals surface area contributed by atoms with Crippen LogP contribution in [0.4, 0.5) is 28.2 Å². The van der Waals surface area contributed by atoms with Crippen molar-refractivity contribution in [1.82, 2.24) is 24.8 Å². The number of terminal acetylenes is 1. The summed E-state index contributed by atoms with van der Waals surface area (Å²) in [4.78, 5) is 34.4. The van der Waals surface area contributed by atoms with Crippen LogP contribution in [-0.2, 0) is 11.2 Å². The molecular formula is C43H46F4N6O3. The molecule has 4 aliphatic heterocycles. The van der Waals surface area contributed by atoms with E-state index in [4.69, 9.17) is 30.8 Å². The topological polar surface area (TPSA) is 83.9 Å². The Labute approximate surface area is 323 Å². The molecule has 2 aromatic carbocycles. The van der Waals surface area contributed by atoms with Crippen molar-refractivity contribution in [3.8, 4) is 29.6 Å². The van der Waals surface area contributed by atoms with Crippen LogP contribution in [0.2, 0.25) is 0 Å². The van der Waals surface area contributed by atoms with Gasteiger partial charge in [0, 0.05) is 37.0 Å². The van der Waals surface area contributed by atoms with Crippen LogP contribution >= 0.6 is 0 Å². The number of amides is 1. The van der Waals surface area contributed by atoms with Gasteiger partial charge in [-0.3, -0.25) is 4.90 Å². The Balaban J connectivity index is 1.19. The maximum absolute atomic E-state index is 17.5. The van der Waals surface area contributed by atoms with E-state index in [2.05, 4.69) is 22.6 Å². The Hall–Kier alpha value is -4.70. The highest BCUT2D eigenvalue weighted by Crippen LogP contribution is 2.69. The van der Waals surface area contributed by atoms with E-state index in [1.54, 1.807) is 29.2 Å². The molecule has 2 aromatic heterocycles. The Kier molecular flexibility index (Phi) is 8.34. The van der Waals surface area contributed by atoms with Crippen molar-refractivity contribution >= 4 is 33.6 Å². The van der Waals surface area contributed by atoms with Crippen LogP contribution in [0, 0.1) is 35.3 Å². The molecule has 1 saturated carbocycles. The molecule has 4 fully saturated rings. The highest BCUT2D eigenvalue weighted by atomic mass is 19.3. The van der Waals surface area contributed by atoms with E-state index in [-0.39, 0.29) is 53.8 Å². The third-order valence-corrected chi connectivity index (χ3v) is 13.0. The summed E-state index contributed by atoms with van der Waals surface area (Å²) < 4.78 is 74.3. The van der Waals surface area contributed by atoms with Gasteiger partial charge >= 0.3 is 12.1 Å². The third kappa shape index (κ3) is 5.68. The van der Waals surface area contributed by atoms with Gasteiger partial charge in [-0.1, -0.05) is 44.0 Å². The van der Waals surface area contributed by atoms with E-state index in [1.807, 2.05) is 27.7 Å². The van der Waals surface area contributed by atoms with Crippen molar-refractivity contribution in [3.63, 3.8) is 0 Å². The number of carbonyl (C=O) groups excluding carboxylic acids is 1. The molecule has 13 heteroatoms. The van der Waals surface area contributed by atoms with Gasteiger partial charge in [-0.25, -0.2) is 27.3 Å². The number of aromatic nitrogens is 3. The van der Waals surface area contributed by atoms with Crippen LogP contribution in [0.1, 0.15) is 78.0 Å². The van der Waals surface area contributed by atoms with Crippen molar-refractivity contribution in [2.45, 2.75) is 102 Å².